The molecule has 0 bridgehead atoms. The number of allylic oxidation sites excluding steroid dienone is 2. The number of benzene rings is 12. The molecule has 2 nitrogen and oxygen atoms in total. The first-order chi connectivity index (χ1) is 34.5. The SMILES string of the molecule is BrC1=Cc2ccccc2C1.C1=C(c2c3ccccc3c(-c3ccc4ccccc4c3)c3ccccc23)Cc2ccccc21.OB(O)c1c2ccccc2c(-c2ccc3ccccc3c2)c2ccccc12. The highest BCUT2D eigenvalue weighted by Gasteiger charge is 2.23. The van der Waals surface area contributed by atoms with Crippen molar-refractivity contribution < 1.29 is 10.0 Å². The molecule has 0 spiro atoms. The lowest BCUT2D eigenvalue weighted by Crippen LogP contribution is -2.31. The van der Waals surface area contributed by atoms with Gasteiger partial charge in [-0.1, -0.05) is 240 Å². The summed E-state index contributed by atoms with van der Waals surface area (Å²) in [6.07, 6.45) is 6.62. The molecule has 0 saturated carbocycles. The van der Waals surface area contributed by atoms with E-state index in [1.54, 1.807) is 0 Å². The van der Waals surface area contributed by atoms with Crippen LogP contribution in [-0.4, -0.2) is 17.2 Å². The average molecular weight is 962 g/mol. The first-order valence-electron chi connectivity index (χ1n) is 23.9. The highest BCUT2D eigenvalue weighted by atomic mass is 79.9. The van der Waals surface area contributed by atoms with Crippen LogP contribution >= 0.6 is 15.9 Å². The average Bonchev–Trinajstić information content (AvgIpc) is 4.02. The molecular formula is C66H46BBrO2. The molecule has 0 aromatic heterocycles. The molecule has 0 unspecified atom stereocenters. The van der Waals surface area contributed by atoms with Gasteiger partial charge in [0.2, 0.25) is 0 Å². The summed E-state index contributed by atoms with van der Waals surface area (Å²) in [5, 5.41) is 34.2. The van der Waals surface area contributed by atoms with Crippen molar-refractivity contribution in [2.45, 2.75) is 12.8 Å². The van der Waals surface area contributed by atoms with Crippen molar-refractivity contribution in [1.82, 2.24) is 0 Å². The fraction of sp³-hybridized carbons (Fsp3) is 0.0303. The summed E-state index contributed by atoms with van der Waals surface area (Å²) >= 11 is 3.48. The Morgan fingerprint density at radius 1 is 0.329 bits per heavy atom. The van der Waals surface area contributed by atoms with Gasteiger partial charge in [0.25, 0.3) is 0 Å². The van der Waals surface area contributed by atoms with Gasteiger partial charge < -0.3 is 10.0 Å². The van der Waals surface area contributed by atoms with Crippen molar-refractivity contribution in [3.63, 3.8) is 0 Å². The smallest absolute Gasteiger partial charge is 0.423 e. The van der Waals surface area contributed by atoms with E-state index in [1.807, 2.05) is 48.5 Å². The van der Waals surface area contributed by atoms with Gasteiger partial charge in [0.05, 0.1) is 0 Å². The number of fused-ring (bicyclic) bond motifs is 8. The predicted octanol–water partition coefficient (Wildman–Crippen LogP) is 16.4. The third kappa shape index (κ3) is 8.00. The van der Waals surface area contributed by atoms with Crippen LogP contribution in [0, 0.1) is 0 Å². The highest BCUT2D eigenvalue weighted by molar-refractivity contribution is 9.11. The Hall–Kier alpha value is -7.86. The van der Waals surface area contributed by atoms with Gasteiger partial charge in [-0.2, -0.15) is 0 Å². The molecule has 12 aromatic rings. The molecule has 0 aliphatic heterocycles. The van der Waals surface area contributed by atoms with Crippen LogP contribution in [-0.2, 0) is 12.8 Å². The van der Waals surface area contributed by atoms with Crippen molar-refractivity contribution in [3.05, 3.63) is 263 Å². The maximum Gasteiger partial charge on any atom is 0.489 e. The monoisotopic (exact) mass is 960 g/mol. The zero-order valence-corrected chi connectivity index (χ0v) is 39.9. The number of hydrogen-bond donors (Lipinski definition) is 2. The Morgan fingerprint density at radius 2 is 0.686 bits per heavy atom. The first-order valence-corrected chi connectivity index (χ1v) is 24.7. The number of halogens is 1. The second-order valence-corrected chi connectivity index (χ2v) is 19.2. The largest absolute Gasteiger partial charge is 0.489 e. The van der Waals surface area contributed by atoms with Crippen LogP contribution in [0.1, 0.15) is 27.8 Å². The lowest BCUT2D eigenvalue weighted by molar-refractivity contribution is 0.426. The van der Waals surface area contributed by atoms with E-state index in [4.69, 9.17) is 0 Å². The summed E-state index contributed by atoms with van der Waals surface area (Å²) in [6.45, 7) is 0. The second-order valence-electron chi connectivity index (χ2n) is 18.2. The fourth-order valence-corrected chi connectivity index (χ4v) is 11.5. The Morgan fingerprint density at radius 3 is 1.13 bits per heavy atom. The Bertz CT molecular complexity index is 3960. The lowest BCUT2D eigenvalue weighted by atomic mass is 9.72. The number of hydrogen-bond acceptors (Lipinski definition) is 2. The van der Waals surface area contributed by atoms with E-state index in [2.05, 4.69) is 210 Å². The van der Waals surface area contributed by atoms with Crippen LogP contribution in [0.2, 0.25) is 0 Å². The zero-order valence-electron chi connectivity index (χ0n) is 38.4. The van der Waals surface area contributed by atoms with E-state index in [1.165, 1.54) is 92.1 Å². The van der Waals surface area contributed by atoms with Crippen molar-refractivity contribution in [1.29, 1.82) is 0 Å². The van der Waals surface area contributed by atoms with E-state index in [-0.39, 0.29) is 0 Å². The fourth-order valence-electron chi connectivity index (χ4n) is 10.9. The minimum absolute atomic E-state index is 0.561. The summed E-state index contributed by atoms with van der Waals surface area (Å²) < 4.78 is 1.29. The van der Waals surface area contributed by atoms with Crippen molar-refractivity contribution in [3.8, 4) is 22.3 Å². The molecule has 4 heteroatoms. The topological polar surface area (TPSA) is 40.5 Å². The molecule has 0 atom stereocenters. The van der Waals surface area contributed by atoms with Crippen LogP contribution in [0.25, 0.3) is 105 Å². The van der Waals surface area contributed by atoms with Gasteiger partial charge in [-0.05, 0) is 150 Å². The summed E-state index contributed by atoms with van der Waals surface area (Å²) in [4.78, 5) is 0. The Kier molecular flexibility index (Phi) is 11.5. The van der Waals surface area contributed by atoms with Crippen molar-refractivity contribution in [2.24, 2.45) is 0 Å². The number of rotatable bonds is 4. The van der Waals surface area contributed by atoms with Gasteiger partial charge >= 0.3 is 7.12 Å². The maximum absolute atomic E-state index is 10.1. The van der Waals surface area contributed by atoms with E-state index >= 15 is 0 Å². The molecule has 0 radical (unpaired) electrons. The minimum atomic E-state index is -1.52. The van der Waals surface area contributed by atoms with E-state index in [0.29, 0.717) is 5.46 Å². The van der Waals surface area contributed by atoms with Crippen molar-refractivity contribution in [2.75, 3.05) is 0 Å². The summed E-state index contributed by atoms with van der Waals surface area (Å²) in [5.41, 5.74) is 13.7. The molecular weight excluding hydrogens is 915 g/mol. The molecule has 0 fully saturated rings. The molecule has 0 saturated heterocycles. The van der Waals surface area contributed by atoms with Crippen LogP contribution < -0.4 is 5.46 Å². The molecule has 332 valence electrons. The summed E-state index contributed by atoms with van der Waals surface area (Å²) in [7, 11) is -1.52. The van der Waals surface area contributed by atoms with Gasteiger partial charge in [-0.3, -0.25) is 0 Å². The van der Waals surface area contributed by atoms with Crippen LogP contribution in [0.3, 0.4) is 0 Å². The summed E-state index contributed by atoms with van der Waals surface area (Å²) in [6, 6.07) is 81.3. The first kappa shape index (κ1) is 43.4. The van der Waals surface area contributed by atoms with Gasteiger partial charge in [0.15, 0.2) is 0 Å². The Labute approximate surface area is 416 Å². The standard InChI is InChI=1S/C33H22.C24H17BO2.C9H7Br/c1-2-10-23-19-26(18-17-22(23)9-1)32-28-13-5-7-15-30(28)33(31-16-8-6-14-29(31)32)27-20-24-11-3-4-12-25(24)21-27;26-25(27)24-21-11-5-3-9-19(21)23(20-10-4-6-12-22(20)24)18-14-13-16-7-1-2-8-17(16)15-18;10-9-5-7-3-1-2-4-8(7)6-9/h1-20H,21H2;1-15,26-27H;1-5H,6H2. The molecule has 0 amide bonds. The summed E-state index contributed by atoms with van der Waals surface area (Å²) in [5.74, 6) is 0. The van der Waals surface area contributed by atoms with E-state index in [9.17, 15) is 10.0 Å². The van der Waals surface area contributed by atoms with Gasteiger partial charge in [-0.25, -0.2) is 0 Å². The van der Waals surface area contributed by atoms with Gasteiger partial charge in [0.1, 0.15) is 0 Å². The van der Waals surface area contributed by atoms with E-state index < -0.39 is 7.12 Å². The van der Waals surface area contributed by atoms with Crippen LogP contribution in [0.15, 0.2) is 235 Å². The van der Waals surface area contributed by atoms with Crippen molar-refractivity contribution >= 4 is 111 Å². The minimum Gasteiger partial charge on any atom is -0.423 e. The Balaban J connectivity index is 0.000000122. The lowest BCUT2D eigenvalue weighted by Gasteiger charge is -2.18. The van der Waals surface area contributed by atoms with Gasteiger partial charge in [-0.15, -0.1) is 0 Å². The normalized spacial score (nSPS) is 12.6. The zero-order chi connectivity index (χ0) is 47.1. The molecule has 2 N–H and O–H groups in total. The quantitative estimate of drug-likeness (QED) is 0.136. The molecule has 2 aliphatic carbocycles. The molecule has 14 rings (SSSR count). The predicted molar refractivity (Wildman–Crippen MR) is 304 cm³/mol. The van der Waals surface area contributed by atoms with Gasteiger partial charge in [0, 0.05) is 10.9 Å². The third-order valence-electron chi connectivity index (χ3n) is 14.1. The van der Waals surface area contributed by atoms with Crippen LogP contribution in [0.4, 0.5) is 0 Å². The molecule has 2 aliphatic rings. The highest BCUT2D eigenvalue weighted by Crippen LogP contribution is 2.45. The molecule has 12 aromatic carbocycles. The van der Waals surface area contributed by atoms with E-state index in [0.717, 1.165) is 45.5 Å². The van der Waals surface area contributed by atoms with Crippen LogP contribution in [0.5, 0.6) is 0 Å². The third-order valence-corrected chi connectivity index (χ3v) is 14.6. The maximum atomic E-state index is 10.1. The molecule has 0 heterocycles. The second kappa shape index (κ2) is 18.6. The molecule has 70 heavy (non-hydrogen) atoms.